The molecule has 0 saturated heterocycles. The summed E-state index contributed by atoms with van der Waals surface area (Å²) >= 11 is 0. The van der Waals surface area contributed by atoms with E-state index in [9.17, 15) is 8.42 Å². The predicted molar refractivity (Wildman–Crippen MR) is 94.2 cm³/mol. The third-order valence-corrected chi connectivity index (χ3v) is 7.60. The summed E-state index contributed by atoms with van der Waals surface area (Å²) in [6.07, 6.45) is 14.7. The number of aromatic nitrogens is 2. The molecule has 0 aromatic carbocycles. The molecule has 1 aliphatic heterocycles. The van der Waals surface area contributed by atoms with Crippen LogP contribution >= 0.6 is 0 Å². The van der Waals surface area contributed by atoms with Crippen LogP contribution in [0, 0.1) is 5.92 Å². The highest BCUT2D eigenvalue weighted by atomic mass is 32.2. The van der Waals surface area contributed by atoms with Crippen LogP contribution in [0.4, 0.5) is 4.39 Å². The highest BCUT2D eigenvalue weighted by molar-refractivity contribution is 7.89. The molecule has 0 amide bonds. The lowest BCUT2D eigenvalue weighted by Gasteiger charge is -2.34. The molecule has 3 unspecified atom stereocenters. The molecule has 2 N–H and O–H groups in total. The quantitative estimate of drug-likeness (QED) is 0.891. The van der Waals surface area contributed by atoms with Crippen molar-refractivity contribution in [1.82, 2.24) is 9.55 Å². The number of imidazole rings is 1. The number of primary sulfonamides is 1. The van der Waals surface area contributed by atoms with E-state index in [1.807, 2.05) is 12.5 Å². The third-order valence-electron chi connectivity index (χ3n) is 6.20. The number of hydrogen-bond donors (Lipinski definition) is 1. The SMILES string of the molecule is NS(=O)(=O)C1CCC(F)(CCC2C3C=CC=CC3c3cncn32)CC1. The van der Waals surface area contributed by atoms with E-state index in [4.69, 9.17) is 5.14 Å². The fourth-order valence-corrected chi connectivity index (χ4v) is 5.64. The Bertz CT molecular complexity index is 806. The zero-order valence-electron chi connectivity index (χ0n) is 14.1. The number of halogens is 1. The zero-order chi connectivity index (χ0) is 17.7. The number of sulfonamides is 1. The van der Waals surface area contributed by atoms with Crippen LogP contribution in [0.2, 0.25) is 0 Å². The van der Waals surface area contributed by atoms with Gasteiger partial charge in [0.2, 0.25) is 10.0 Å². The predicted octanol–water partition coefficient (Wildman–Crippen LogP) is 2.98. The summed E-state index contributed by atoms with van der Waals surface area (Å²) in [5, 5.41) is 4.63. The van der Waals surface area contributed by atoms with Crippen LogP contribution in [0.15, 0.2) is 36.8 Å². The van der Waals surface area contributed by atoms with E-state index < -0.39 is 20.9 Å². The van der Waals surface area contributed by atoms with Gasteiger partial charge in [-0.1, -0.05) is 24.3 Å². The van der Waals surface area contributed by atoms with Gasteiger partial charge in [0.15, 0.2) is 0 Å². The maximum atomic E-state index is 15.2. The number of hydrogen-bond acceptors (Lipinski definition) is 3. The summed E-state index contributed by atoms with van der Waals surface area (Å²) in [5.74, 6) is 0.679. The molecule has 0 spiro atoms. The van der Waals surface area contributed by atoms with Crippen molar-refractivity contribution in [3.8, 4) is 0 Å². The fraction of sp³-hybridized carbons (Fsp3) is 0.611. The Balaban J connectivity index is 1.43. The first-order valence-corrected chi connectivity index (χ1v) is 10.6. The molecule has 1 fully saturated rings. The van der Waals surface area contributed by atoms with E-state index in [2.05, 4.69) is 33.9 Å². The largest absolute Gasteiger partial charge is 0.330 e. The second kappa shape index (κ2) is 6.06. The summed E-state index contributed by atoms with van der Waals surface area (Å²) in [7, 11) is -3.55. The van der Waals surface area contributed by atoms with E-state index in [0.717, 1.165) is 6.42 Å². The van der Waals surface area contributed by atoms with Gasteiger partial charge < -0.3 is 4.57 Å². The van der Waals surface area contributed by atoms with Crippen molar-refractivity contribution in [2.24, 2.45) is 11.1 Å². The van der Waals surface area contributed by atoms with Crippen LogP contribution in [0.3, 0.4) is 0 Å². The van der Waals surface area contributed by atoms with Gasteiger partial charge in [-0.05, 0) is 38.5 Å². The Morgan fingerprint density at radius 2 is 2.00 bits per heavy atom. The van der Waals surface area contributed by atoms with Gasteiger partial charge in [-0.2, -0.15) is 0 Å². The molecule has 0 radical (unpaired) electrons. The van der Waals surface area contributed by atoms with Gasteiger partial charge in [-0.15, -0.1) is 0 Å². The first-order chi connectivity index (χ1) is 11.9. The van der Waals surface area contributed by atoms with Crippen molar-refractivity contribution < 1.29 is 12.8 Å². The number of fused-ring (bicyclic) bond motifs is 3. The average molecular weight is 365 g/mol. The van der Waals surface area contributed by atoms with Gasteiger partial charge >= 0.3 is 0 Å². The Labute approximate surface area is 147 Å². The van der Waals surface area contributed by atoms with Crippen LogP contribution < -0.4 is 5.14 Å². The first kappa shape index (κ1) is 17.0. The highest BCUT2D eigenvalue weighted by Crippen LogP contribution is 2.48. The smallest absolute Gasteiger partial charge is 0.211 e. The van der Waals surface area contributed by atoms with Crippen LogP contribution in [0.5, 0.6) is 0 Å². The van der Waals surface area contributed by atoms with E-state index in [-0.39, 0.29) is 18.9 Å². The summed E-state index contributed by atoms with van der Waals surface area (Å²) in [4.78, 5) is 4.26. The molecule has 7 heteroatoms. The summed E-state index contributed by atoms with van der Waals surface area (Å²) in [6.45, 7) is 0. The molecule has 25 heavy (non-hydrogen) atoms. The molecule has 1 saturated carbocycles. The summed E-state index contributed by atoms with van der Waals surface area (Å²) < 4.78 is 40.3. The lowest BCUT2D eigenvalue weighted by Crippen LogP contribution is -2.38. The van der Waals surface area contributed by atoms with E-state index in [1.54, 1.807) is 0 Å². The molecule has 5 nitrogen and oxygen atoms in total. The Morgan fingerprint density at radius 3 is 2.72 bits per heavy atom. The lowest BCUT2D eigenvalue weighted by atomic mass is 9.79. The standard InChI is InChI=1S/C18H24FN3O2S/c19-18(8-5-13(6-9-18)25(20,23)24)10-7-16-14-3-1-2-4-15(14)17-11-21-12-22(16)17/h1-4,11-16H,5-10H2,(H2,20,23,24). The molecule has 3 aliphatic rings. The Hall–Kier alpha value is -1.47. The minimum absolute atomic E-state index is 0.215. The minimum Gasteiger partial charge on any atom is -0.330 e. The van der Waals surface area contributed by atoms with Crippen molar-refractivity contribution in [3.05, 3.63) is 42.5 Å². The van der Waals surface area contributed by atoms with Crippen LogP contribution in [-0.2, 0) is 10.0 Å². The molecule has 1 aromatic rings. The Kier molecular flexibility index (Phi) is 4.11. The van der Waals surface area contributed by atoms with E-state index >= 15 is 4.39 Å². The maximum absolute atomic E-state index is 15.2. The number of nitrogens with two attached hydrogens (primary N) is 1. The normalized spacial score (nSPS) is 37.0. The lowest BCUT2D eigenvalue weighted by molar-refractivity contribution is 0.0876. The second-order valence-corrected chi connectivity index (χ2v) is 9.49. The van der Waals surface area contributed by atoms with Crippen LogP contribution in [0.1, 0.15) is 56.2 Å². The number of nitrogens with zero attached hydrogens (tertiary/aromatic N) is 2. The zero-order valence-corrected chi connectivity index (χ0v) is 14.9. The van der Waals surface area contributed by atoms with E-state index in [1.165, 1.54) is 5.69 Å². The van der Waals surface area contributed by atoms with Crippen LogP contribution in [0.25, 0.3) is 0 Å². The summed E-state index contributed by atoms with van der Waals surface area (Å²) in [6, 6.07) is 0.215. The number of allylic oxidation sites excluding steroid dienone is 4. The van der Waals surface area contributed by atoms with Gasteiger partial charge in [0.05, 0.1) is 11.6 Å². The second-order valence-electron chi connectivity index (χ2n) is 7.64. The van der Waals surface area contributed by atoms with Crippen molar-refractivity contribution in [1.29, 1.82) is 0 Å². The monoisotopic (exact) mass is 365 g/mol. The average Bonchev–Trinajstić information content (AvgIpc) is 3.14. The topological polar surface area (TPSA) is 78.0 Å². The van der Waals surface area contributed by atoms with Gasteiger partial charge in [-0.25, -0.2) is 22.9 Å². The molecule has 0 bridgehead atoms. The Morgan fingerprint density at radius 1 is 1.28 bits per heavy atom. The highest BCUT2D eigenvalue weighted by Gasteiger charge is 2.42. The molecule has 136 valence electrons. The van der Waals surface area contributed by atoms with Crippen LogP contribution in [-0.4, -0.2) is 28.9 Å². The van der Waals surface area contributed by atoms with Crippen molar-refractivity contribution >= 4 is 10.0 Å². The van der Waals surface area contributed by atoms with Crippen molar-refractivity contribution in [2.45, 2.75) is 61.4 Å². The van der Waals surface area contributed by atoms with Gasteiger partial charge in [0, 0.05) is 29.8 Å². The summed E-state index contributed by atoms with van der Waals surface area (Å²) in [5.41, 5.74) is -0.0877. The molecule has 1 aromatic heterocycles. The minimum atomic E-state index is -3.55. The maximum Gasteiger partial charge on any atom is 0.211 e. The fourth-order valence-electron chi connectivity index (χ4n) is 4.75. The van der Waals surface area contributed by atoms with E-state index in [0.29, 0.717) is 31.1 Å². The third kappa shape index (κ3) is 3.08. The van der Waals surface area contributed by atoms with Crippen molar-refractivity contribution in [2.75, 3.05) is 0 Å². The molecular formula is C18H24FN3O2S. The molecule has 4 rings (SSSR count). The molecule has 2 aliphatic carbocycles. The number of alkyl halides is 1. The molecule has 2 heterocycles. The number of rotatable bonds is 4. The first-order valence-electron chi connectivity index (χ1n) is 8.95. The van der Waals surface area contributed by atoms with Gasteiger partial charge in [-0.3, -0.25) is 0 Å². The molecule has 3 atom stereocenters. The molecular weight excluding hydrogens is 341 g/mol. The van der Waals surface area contributed by atoms with Gasteiger partial charge in [0.1, 0.15) is 5.67 Å². The van der Waals surface area contributed by atoms with Crippen molar-refractivity contribution in [3.63, 3.8) is 0 Å². The van der Waals surface area contributed by atoms with Gasteiger partial charge in [0.25, 0.3) is 0 Å².